The number of hydrogen-bond acceptors (Lipinski definition) is 4. The SMILES string of the molecule is CN=C(NCc1ccnc(OCC2CC2)c1)NC1CCN(C2CCCCC2)CC1. The standard InChI is InChI=1S/C23H37N5O/c1-24-23(26-16-19-9-12-25-22(15-19)29-17-18-7-8-18)27-20-10-13-28(14-11-20)21-5-3-2-4-6-21/h9,12,15,18,20-21H,2-8,10-11,13-14,16-17H2,1H3,(H2,24,26,27). The molecule has 160 valence electrons. The van der Waals surface area contributed by atoms with E-state index in [1.807, 2.05) is 25.4 Å². The molecule has 1 aliphatic heterocycles. The Morgan fingerprint density at radius 1 is 1.14 bits per heavy atom. The van der Waals surface area contributed by atoms with Crippen molar-refractivity contribution in [3.63, 3.8) is 0 Å². The van der Waals surface area contributed by atoms with Crippen LogP contribution in [0.2, 0.25) is 0 Å². The molecule has 2 saturated carbocycles. The quantitative estimate of drug-likeness (QED) is 0.544. The van der Waals surface area contributed by atoms with Crippen molar-refractivity contribution >= 4 is 5.96 Å². The molecule has 0 spiro atoms. The zero-order valence-electron chi connectivity index (χ0n) is 17.9. The summed E-state index contributed by atoms with van der Waals surface area (Å²) in [6.07, 6.45) is 13.9. The van der Waals surface area contributed by atoms with Gasteiger partial charge in [-0.3, -0.25) is 4.99 Å². The first-order valence-electron chi connectivity index (χ1n) is 11.6. The van der Waals surface area contributed by atoms with Crippen molar-refractivity contribution in [2.24, 2.45) is 10.9 Å². The summed E-state index contributed by atoms with van der Waals surface area (Å²) in [7, 11) is 1.85. The third kappa shape index (κ3) is 6.33. The van der Waals surface area contributed by atoms with Crippen LogP contribution >= 0.6 is 0 Å². The average molecular weight is 400 g/mol. The third-order valence-corrected chi connectivity index (χ3v) is 6.61. The van der Waals surface area contributed by atoms with Crippen molar-refractivity contribution in [1.82, 2.24) is 20.5 Å². The molecule has 2 N–H and O–H groups in total. The van der Waals surface area contributed by atoms with Gasteiger partial charge in [0, 0.05) is 51.0 Å². The van der Waals surface area contributed by atoms with E-state index in [1.54, 1.807) is 0 Å². The van der Waals surface area contributed by atoms with Crippen LogP contribution in [0.15, 0.2) is 23.3 Å². The molecule has 29 heavy (non-hydrogen) atoms. The molecule has 4 rings (SSSR count). The normalized spacial score (nSPS) is 22.4. The van der Waals surface area contributed by atoms with E-state index in [1.165, 1.54) is 76.4 Å². The Hall–Kier alpha value is -1.82. The maximum atomic E-state index is 5.80. The number of pyridine rings is 1. The third-order valence-electron chi connectivity index (χ3n) is 6.61. The van der Waals surface area contributed by atoms with Crippen molar-refractivity contribution in [3.8, 4) is 5.88 Å². The Kier molecular flexibility index (Phi) is 7.25. The fourth-order valence-corrected chi connectivity index (χ4v) is 4.56. The van der Waals surface area contributed by atoms with Crippen LogP contribution in [0.5, 0.6) is 5.88 Å². The van der Waals surface area contributed by atoms with E-state index < -0.39 is 0 Å². The van der Waals surface area contributed by atoms with E-state index in [9.17, 15) is 0 Å². The molecule has 2 aliphatic carbocycles. The zero-order valence-corrected chi connectivity index (χ0v) is 17.9. The van der Waals surface area contributed by atoms with Gasteiger partial charge >= 0.3 is 0 Å². The van der Waals surface area contributed by atoms with Crippen LogP contribution in [-0.2, 0) is 6.54 Å². The van der Waals surface area contributed by atoms with Crippen molar-refractivity contribution in [2.75, 3.05) is 26.7 Å². The maximum absolute atomic E-state index is 5.80. The van der Waals surface area contributed by atoms with E-state index in [0.29, 0.717) is 6.04 Å². The minimum absolute atomic E-state index is 0.510. The lowest BCUT2D eigenvalue weighted by Gasteiger charge is -2.39. The summed E-state index contributed by atoms with van der Waals surface area (Å²) in [4.78, 5) is 11.5. The van der Waals surface area contributed by atoms with Crippen molar-refractivity contribution in [2.45, 2.75) is 76.4 Å². The van der Waals surface area contributed by atoms with Gasteiger partial charge in [-0.2, -0.15) is 0 Å². The molecule has 0 amide bonds. The van der Waals surface area contributed by atoms with Crippen molar-refractivity contribution in [3.05, 3.63) is 23.9 Å². The molecular formula is C23H37N5O. The molecule has 0 unspecified atom stereocenters. The van der Waals surface area contributed by atoms with Gasteiger partial charge < -0.3 is 20.3 Å². The number of guanidine groups is 1. The summed E-state index contributed by atoms with van der Waals surface area (Å²) in [5.41, 5.74) is 1.17. The molecule has 0 atom stereocenters. The largest absolute Gasteiger partial charge is 0.477 e. The van der Waals surface area contributed by atoms with Crippen LogP contribution in [0.25, 0.3) is 0 Å². The van der Waals surface area contributed by atoms with Gasteiger partial charge in [-0.25, -0.2) is 4.98 Å². The van der Waals surface area contributed by atoms with Gasteiger partial charge in [0.25, 0.3) is 0 Å². The second-order valence-electron chi connectivity index (χ2n) is 8.93. The molecule has 0 aromatic carbocycles. The van der Waals surface area contributed by atoms with Crippen LogP contribution in [-0.4, -0.2) is 54.7 Å². The van der Waals surface area contributed by atoms with Gasteiger partial charge in [0.1, 0.15) is 0 Å². The Labute approximate surface area is 175 Å². The van der Waals surface area contributed by atoms with Gasteiger partial charge in [-0.15, -0.1) is 0 Å². The van der Waals surface area contributed by atoms with Gasteiger partial charge in [-0.1, -0.05) is 19.3 Å². The van der Waals surface area contributed by atoms with Crippen LogP contribution in [0, 0.1) is 5.92 Å². The molecule has 6 nitrogen and oxygen atoms in total. The predicted octanol–water partition coefficient (Wildman–Crippen LogP) is 3.33. The first kappa shape index (κ1) is 20.5. The number of likely N-dealkylation sites (tertiary alicyclic amines) is 1. The lowest BCUT2D eigenvalue weighted by molar-refractivity contribution is 0.119. The highest BCUT2D eigenvalue weighted by molar-refractivity contribution is 5.79. The number of rotatable bonds is 7. The van der Waals surface area contributed by atoms with E-state index in [2.05, 4.69) is 25.5 Å². The van der Waals surface area contributed by atoms with E-state index in [4.69, 9.17) is 4.74 Å². The second-order valence-corrected chi connectivity index (χ2v) is 8.93. The second kappa shape index (κ2) is 10.3. The van der Waals surface area contributed by atoms with Crippen LogP contribution < -0.4 is 15.4 Å². The first-order chi connectivity index (χ1) is 14.3. The monoisotopic (exact) mass is 399 g/mol. The summed E-state index contributed by atoms with van der Waals surface area (Å²) < 4.78 is 5.80. The Balaban J connectivity index is 1.19. The number of aliphatic imine (C=N–C) groups is 1. The van der Waals surface area contributed by atoms with Gasteiger partial charge in [0.15, 0.2) is 5.96 Å². The Bertz CT molecular complexity index is 661. The van der Waals surface area contributed by atoms with Crippen molar-refractivity contribution < 1.29 is 4.74 Å². The molecule has 6 heteroatoms. The molecule has 3 fully saturated rings. The highest BCUT2D eigenvalue weighted by Crippen LogP contribution is 2.29. The zero-order chi connectivity index (χ0) is 19.9. The summed E-state index contributed by atoms with van der Waals surface area (Å²) in [5.74, 6) is 2.36. The molecule has 1 saturated heterocycles. The fraction of sp³-hybridized carbons (Fsp3) is 0.739. The minimum atomic E-state index is 0.510. The summed E-state index contributed by atoms with van der Waals surface area (Å²) in [6.45, 7) is 3.95. The van der Waals surface area contributed by atoms with E-state index in [0.717, 1.165) is 37.0 Å². The number of hydrogen-bond donors (Lipinski definition) is 2. The predicted molar refractivity (Wildman–Crippen MR) is 117 cm³/mol. The fourth-order valence-electron chi connectivity index (χ4n) is 4.56. The molecule has 1 aromatic heterocycles. The summed E-state index contributed by atoms with van der Waals surface area (Å²) >= 11 is 0. The van der Waals surface area contributed by atoms with Crippen molar-refractivity contribution in [1.29, 1.82) is 0 Å². The molecule has 0 radical (unpaired) electrons. The molecule has 2 heterocycles. The first-order valence-corrected chi connectivity index (χ1v) is 11.6. The lowest BCUT2D eigenvalue weighted by atomic mass is 9.92. The highest BCUT2D eigenvalue weighted by Gasteiger charge is 2.26. The Morgan fingerprint density at radius 3 is 2.66 bits per heavy atom. The number of piperidine rings is 1. The molecule has 0 bridgehead atoms. The van der Waals surface area contributed by atoms with Gasteiger partial charge in [-0.05, 0) is 56.1 Å². The van der Waals surface area contributed by atoms with Gasteiger partial charge in [0.2, 0.25) is 5.88 Å². The van der Waals surface area contributed by atoms with Crippen LogP contribution in [0.3, 0.4) is 0 Å². The van der Waals surface area contributed by atoms with Crippen LogP contribution in [0.1, 0.15) is 63.4 Å². The van der Waals surface area contributed by atoms with Crippen LogP contribution in [0.4, 0.5) is 0 Å². The molecular weight excluding hydrogens is 362 g/mol. The number of nitrogens with one attached hydrogen (secondary N) is 2. The average Bonchev–Trinajstić information content (AvgIpc) is 3.61. The summed E-state index contributed by atoms with van der Waals surface area (Å²) in [6, 6.07) is 5.42. The van der Waals surface area contributed by atoms with E-state index in [-0.39, 0.29) is 0 Å². The Morgan fingerprint density at radius 2 is 1.93 bits per heavy atom. The topological polar surface area (TPSA) is 61.8 Å². The number of nitrogens with zero attached hydrogens (tertiary/aromatic N) is 3. The number of ether oxygens (including phenoxy) is 1. The maximum Gasteiger partial charge on any atom is 0.213 e. The molecule has 3 aliphatic rings. The smallest absolute Gasteiger partial charge is 0.213 e. The number of aromatic nitrogens is 1. The lowest BCUT2D eigenvalue weighted by Crippen LogP contribution is -2.50. The summed E-state index contributed by atoms with van der Waals surface area (Å²) in [5, 5.41) is 7.08. The molecule has 1 aromatic rings. The minimum Gasteiger partial charge on any atom is -0.477 e. The highest BCUT2D eigenvalue weighted by atomic mass is 16.5. The van der Waals surface area contributed by atoms with Gasteiger partial charge in [0.05, 0.1) is 6.61 Å². The van der Waals surface area contributed by atoms with E-state index >= 15 is 0 Å².